The lowest BCUT2D eigenvalue weighted by Crippen LogP contribution is -2.30. The number of aliphatic hydroxyl groups is 1. The summed E-state index contributed by atoms with van der Waals surface area (Å²) >= 11 is 3.04. The number of halogens is 2. The Morgan fingerprint density at radius 2 is 2.24 bits per heavy atom. The third-order valence-electron chi connectivity index (χ3n) is 2.85. The van der Waals surface area contributed by atoms with Crippen molar-refractivity contribution < 1.29 is 19.4 Å². The standard InChI is InChI=1S/C11H11BrFNO3/c12-8-2-1-6(3-9(8)13)10-4-7(15)5-14(10)11(16)17/h1-3,7,10,15H,4-5H2,(H,16,17)/t7-,10+/m0/s1. The van der Waals surface area contributed by atoms with Crippen LogP contribution in [-0.4, -0.2) is 33.9 Å². The van der Waals surface area contributed by atoms with Gasteiger partial charge in [0.1, 0.15) is 5.82 Å². The van der Waals surface area contributed by atoms with E-state index in [2.05, 4.69) is 15.9 Å². The highest BCUT2D eigenvalue weighted by Crippen LogP contribution is 2.33. The second kappa shape index (κ2) is 4.62. The molecule has 1 saturated heterocycles. The Hall–Kier alpha value is -1.14. The summed E-state index contributed by atoms with van der Waals surface area (Å²) in [6.07, 6.45) is -1.49. The summed E-state index contributed by atoms with van der Waals surface area (Å²) in [7, 11) is 0. The fourth-order valence-electron chi connectivity index (χ4n) is 2.06. The molecule has 4 nitrogen and oxygen atoms in total. The normalized spacial score (nSPS) is 24.1. The zero-order valence-corrected chi connectivity index (χ0v) is 10.4. The summed E-state index contributed by atoms with van der Waals surface area (Å²) in [4.78, 5) is 12.1. The van der Waals surface area contributed by atoms with Crippen molar-refractivity contribution in [2.75, 3.05) is 6.54 Å². The van der Waals surface area contributed by atoms with Crippen LogP contribution < -0.4 is 0 Å². The van der Waals surface area contributed by atoms with E-state index in [1.54, 1.807) is 6.07 Å². The van der Waals surface area contributed by atoms with Crippen LogP contribution in [0.2, 0.25) is 0 Å². The Morgan fingerprint density at radius 3 is 2.82 bits per heavy atom. The predicted octanol–water partition coefficient (Wildman–Crippen LogP) is 2.37. The van der Waals surface area contributed by atoms with E-state index in [-0.39, 0.29) is 6.54 Å². The highest BCUT2D eigenvalue weighted by molar-refractivity contribution is 9.10. The Balaban J connectivity index is 2.31. The van der Waals surface area contributed by atoms with Crippen LogP contribution >= 0.6 is 15.9 Å². The molecule has 17 heavy (non-hydrogen) atoms. The van der Waals surface area contributed by atoms with Crippen molar-refractivity contribution >= 4 is 22.0 Å². The van der Waals surface area contributed by atoms with E-state index in [0.29, 0.717) is 16.5 Å². The first-order valence-electron chi connectivity index (χ1n) is 5.11. The summed E-state index contributed by atoms with van der Waals surface area (Å²) in [5, 5.41) is 18.5. The number of aliphatic hydroxyl groups excluding tert-OH is 1. The molecule has 0 unspecified atom stereocenters. The topological polar surface area (TPSA) is 60.8 Å². The van der Waals surface area contributed by atoms with Gasteiger partial charge in [0.15, 0.2) is 0 Å². The van der Waals surface area contributed by atoms with Gasteiger partial charge in [-0.05, 0) is 40.0 Å². The summed E-state index contributed by atoms with van der Waals surface area (Å²) in [6.45, 7) is 0.0671. The molecule has 1 aliphatic rings. The maximum absolute atomic E-state index is 13.4. The first kappa shape index (κ1) is 12.3. The minimum absolute atomic E-state index is 0.0671. The van der Waals surface area contributed by atoms with Gasteiger partial charge in [0.05, 0.1) is 23.2 Å². The monoisotopic (exact) mass is 303 g/mol. The number of hydrogen-bond donors (Lipinski definition) is 2. The molecular formula is C11H11BrFNO3. The first-order chi connectivity index (χ1) is 7.99. The summed E-state index contributed by atoms with van der Waals surface area (Å²) in [6, 6.07) is 4.01. The Bertz CT molecular complexity index is 454. The van der Waals surface area contributed by atoms with Gasteiger partial charge in [0.25, 0.3) is 0 Å². The lowest BCUT2D eigenvalue weighted by Gasteiger charge is -2.21. The van der Waals surface area contributed by atoms with Gasteiger partial charge in [-0.1, -0.05) is 6.07 Å². The van der Waals surface area contributed by atoms with Crippen molar-refractivity contribution in [2.24, 2.45) is 0 Å². The molecule has 1 heterocycles. The zero-order chi connectivity index (χ0) is 12.6. The van der Waals surface area contributed by atoms with Crippen LogP contribution in [0.3, 0.4) is 0 Å². The van der Waals surface area contributed by atoms with Crippen molar-refractivity contribution in [3.63, 3.8) is 0 Å². The lowest BCUT2D eigenvalue weighted by atomic mass is 10.0. The maximum Gasteiger partial charge on any atom is 0.407 e. The number of benzene rings is 1. The Labute approximate surface area is 106 Å². The van der Waals surface area contributed by atoms with E-state index in [1.165, 1.54) is 12.1 Å². The smallest absolute Gasteiger partial charge is 0.407 e. The number of β-amino-alcohol motifs (C(OH)–C–C–N with tert-alkyl or cyclic N) is 1. The molecule has 0 saturated carbocycles. The number of hydrogen-bond acceptors (Lipinski definition) is 2. The van der Waals surface area contributed by atoms with Gasteiger partial charge in [-0.3, -0.25) is 4.90 Å². The molecule has 2 N–H and O–H groups in total. The Morgan fingerprint density at radius 1 is 1.53 bits per heavy atom. The van der Waals surface area contributed by atoms with Crippen LogP contribution in [0.15, 0.2) is 22.7 Å². The second-order valence-electron chi connectivity index (χ2n) is 4.01. The van der Waals surface area contributed by atoms with Crippen molar-refractivity contribution in [2.45, 2.75) is 18.6 Å². The molecule has 1 aliphatic heterocycles. The van der Waals surface area contributed by atoms with E-state index in [0.717, 1.165) is 4.90 Å². The quantitative estimate of drug-likeness (QED) is 0.837. The highest BCUT2D eigenvalue weighted by Gasteiger charge is 2.35. The molecule has 2 rings (SSSR count). The van der Waals surface area contributed by atoms with Crippen LogP contribution in [0.1, 0.15) is 18.0 Å². The molecule has 0 bridgehead atoms. The molecule has 0 spiro atoms. The minimum atomic E-state index is -1.10. The fraction of sp³-hybridized carbons (Fsp3) is 0.364. The summed E-state index contributed by atoms with van der Waals surface area (Å²) < 4.78 is 13.7. The highest BCUT2D eigenvalue weighted by atomic mass is 79.9. The summed E-state index contributed by atoms with van der Waals surface area (Å²) in [5.41, 5.74) is 0.560. The number of nitrogens with zero attached hydrogens (tertiary/aromatic N) is 1. The number of carbonyl (C=O) groups is 1. The van der Waals surface area contributed by atoms with Gasteiger partial charge in [-0.15, -0.1) is 0 Å². The fourth-order valence-corrected chi connectivity index (χ4v) is 2.31. The molecule has 6 heteroatoms. The molecule has 0 radical (unpaired) electrons. The van der Waals surface area contributed by atoms with Crippen LogP contribution in [-0.2, 0) is 0 Å². The van der Waals surface area contributed by atoms with Gasteiger partial charge in [0, 0.05) is 0 Å². The average molecular weight is 304 g/mol. The van der Waals surface area contributed by atoms with Gasteiger partial charge in [0.2, 0.25) is 0 Å². The van der Waals surface area contributed by atoms with Crippen LogP contribution in [0, 0.1) is 5.82 Å². The molecule has 1 fully saturated rings. The number of amides is 1. The van der Waals surface area contributed by atoms with Gasteiger partial charge >= 0.3 is 6.09 Å². The molecule has 92 valence electrons. The molecule has 1 aromatic carbocycles. The molecular weight excluding hydrogens is 293 g/mol. The summed E-state index contributed by atoms with van der Waals surface area (Å²) in [5.74, 6) is -0.436. The van der Waals surface area contributed by atoms with Crippen molar-refractivity contribution in [1.29, 1.82) is 0 Å². The lowest BCUT2D eigenvalue weighted by molar-refractivity contribution is 0.131. The maximum atomic E-state index is 13.4. The molecule has 1 amide bonds. The molecule has 0 aromatic heterocycles. The van der Waals surface area contributed by atoms with E-state index in [9.17, 15) is 14.3 Å². The van der Waals surface area contributed by atoms with E-state index < -0.39 is 24.1 Å². The number of rotatable bonds is 1. The van der Waals surface area contributed by atoms with Crippen molar-refractivity contribution in [3.8, 4) is 0 Å². The molecule has 0 aliphatic carbocycles. The van der Waals surface area contributed by atoms with E-state index in [4.69, 9.17) is 5.11 Å². The van der Waals surface area contributed by atoms with Gasteiger partial charge in [-0.25, -0.2) is 9.18 Å². The number of likely N-dealkylation sites (tertiary alicyclic amines) is 1. The minimum Gasteiger partial charge on any atom is -0.465 e. The second-order valence-corrected chi connectivity index (χ2v) is 4.87. The predicted molar refractivity (Wildman–Crippen MR) is 62.2 cm³/mol. The number of carboxylic acid groups (broad SMARTS) is 1. The van der Waals surface area contributed by atoms with Crippen molar-refractivity contribution in [3.05, 3.63) is 34.1 Å². The SMILES string of the molecule is O=C(O)N1C[C@@H](O)C[C@@H]1c1ccc(Br)c(F)c1. The third kappa shape index (κ3) is 2.42. The van der Waals surface area contributed by atoms with Crippen LogP contribution in [0.25, 0.3) is 0 Å². The molecule has 1 aromatic rings. The van der Waals surface area contributed by atoms with Gasteiger partial charge in [-0.2, -0.15) is 0 Å². The first-order valence-corrected chi connectivity index (χ1v) is 5.91. The van der Waals surface area contributed by atoms with E-state index >= 15 is 0 Å². The van der Waals surface area contributed by atoms with Gasteiger partial charge < -0.3 is 10.2 Å². The van der Waals surface area contributed by atoms with Crippen molar-refractivity contribution in [1.82, 2.24) is 4.90 Å². The average Bonchev–Trinajstić information content (AvgIpc) is 2.64. The zero-order valence-electron chi connectivity index (χ0n) is 8.81. The van der Waals surface area contributed by atoms with E-state index in [1.807, 2.05) is 0 Å². The Kier molecular flexibility index (Phi) is 3.35. The molecule has 2 atom stereocenters. The largest absolute Gasteiger partial charge is 0.465 e. The van der Waals surface area contributed by atoms with Crippen LogP contribution in [0.4, 0.5) is 9.18 Å². The van der Waals surface area contributed by atoms with Crippen LogP contribution in [0.5, 0.6) is 0 Å². The third-order valence-corrected chi connectivity index (χ3v) is 3.50.